The third kappa shape index (κ3) is 1.67. The molecule has 4 aliphatic rings. The first-order valence-electron chi connectivity index (χ1n) is 7.22. The van der Waals surface area contributed by atoms with Crippen LogP contribution in [0.4, 0.5) is 0 Å². The summed E-state index contributed by atoms with van der Waals surface area (Å²) in [4.78, 5) is 0. The Morgan fingerprint density at radius 3 is 1.80 bits per heavy atom. The van der Waals surface area contributed by atoms with Gasteiger partial charge >= 0.3 is 0 Å². The van der Waals surface area contributed by atoms with Gasteiger partial charge in [0.2, 0.25) is 0 Å². The van der Waals surface area contributed by atoms with E-state index in [1.54, 1.807) is 0 Å². The topological polar surface area (TPSA) is 27.7 Å². The van der Waals surface area contributed by atoms with Crippen molar-refractivity contribution in [3.05, 3.63) is 30.3 Å². The van der Waals surface area contributed by atoms with Gasteiger partial charge < -0.3 is 14.2 Å². The Morgan fingerprint density at radius 1 is 0.800 bits per heavy atom. The molecular formula is C16H21O3P. The van der Waals surface area contributed by atoms with Crippen molar-refractivity contribution >= 4 is 13.2 Å². The van der Waals surface area contributed by atoms with E-state index in [4.69, 9.17) is 14.2 Å². The molecule has 0 amide bonds. The zero-order valence-electron chi connectivity index (χ0n) is 12.5. The second-order valence-electron chi connectivity index (χ2n) is 6.95. The van der Waals surface area contributed by atoms with E-state index in [1.165, 1.54) is 5.30 Å². The van der Waals surface area contributed by atoms with Gasteiger partial charge in [-0.15, -0.1) is 0 Å². The summed E-state index contributed by atoms with van der Waals surface area (Å²) >= 11 is 0. The Balaban J connectivity index is 1.87. The van der Waals surface area contributed by atoms with Crippen molar-refractivity contribution in [2.75, 3.05) is 0 Å². The van der Waals surface area contributed by atoms with Crippen molar-refractivity contribution < 1.29 is 14.2 Å². The standard InChI is InChI=1S/C16H21O3P/c1-13-10-15(3)19-14(2,17-13)11-16(4,18-13)20(15)12-8-6-5-7-9-12/h5-9H,10-11H2,1-4H3/t13-,14-,15+,16+/m1/s1. The monoisotopic (exact) mass is 292 g/mol. The molecule has 0 N–H and O–H groups in total. The van der Waals surface area contributed by atoms with E-state index in [0.29, 0.717) is 0 Å². The molecule has 4 bridgehead atoms. The van der Waals surface area contributed by atoms with E-state index in [1.807, 2.05) is 0 Å². The molecule has 20 heavy (non-hydrogen) atoms. The predicted octanol–water partition coefficient (Wildman–Crippen LogP) is 3.53. The molecule has 0 aliphatic carbocycles. The largest absolute Gasteiger partial charge is 0.339 e. The SMILES string of the molecule is C[C@]12C[C@@]3(C)O[C@](C)(C[C@@](C)(O1)P3c1ccccc1)O2. The Bertz CT molecular complexity index is 514. The first-order valence-corrected chi connectivity index (χ1v) is 8.56. The third-order valence-electron chi connectivity index (χ3n) is 4.56. The first kappa shape index (κ1) is 13.2. The summed E-state index contributed by atoms with van der Waals surface area (Å²) in [6, 6.07) is 10.7. The van der Waals surface area contributed by atoms with E-state index >= 15 is 0 Å². The number of ether oxygens (including phenoxy) is 3. The molecule has 3 nitrogen and oxygen atoms in total. The highest BCUT2D eigenvalue weighted by Crippen LogP contribution is 2.75. The molecule has 0 spiro atoms. The smallest absolute Gasteiger partial charge is 0.173 e. The summed E-state index contributed by atoms with van der Waals surface area (Å²) in [7, 11) is -0.553. The molecule has 4 saturated heterocycles. The summed E-state index contributed by atoms with van der Waals surface area (Å²) in [5.74, 6) is -1.02. The Hall–Kier alpha value is -0.470. The lowest BCUT2D eigenvalue weighted by atomic mass is 9.98. The Morgan fingerprint density at radius 2 is 1.30 bits per heavy atom. The lowest BCUT2D eigenvalue weighted by Crippen LogP contribution is -2.72. The van der Waals surface area contributed by atoms with E-state index in [2.05, 4.69) is 58.0 Å². The van der Waals surface area contributed by atoms with Gasteiger partial charge in [-0.3, -0.25) is 0 Å². The normalized spacial score (nSPS) is 53.3. The minimum absolute atomic E-state index is 0.177. The molecule has 4 heteroatoms. The molecule has 1 aromatic carbocycles. The second-order valence-corrected chi connectivity index (χ2v) is 10.0. The molecule has 4 aliphatic heterocycles. The highest BCUT2D eigenvalue weighted by Gasteiger charge is 2.71. The van der Waals surface area contributed by atoms with Crippen LogP contribution in [0.5, 0.6) is 0 Å². The van der Waals surface area contributed by atoms with Crippen molar-refractivity contribution in [1.29, 1.82) is 0 Å². The molecule has 0 saturated carbocycles. The molecule has 0 radical (unpaired) electrons. The number of rotatable bonds is 1. The van der Waals surface area contributed by atoms with Crippen LogP contribution < -0.4 is 5.30 Å². The molecule has 1 aromatic rings. The molecule has 0 aromatic heterocycles. The van der Waals surface area contributed by atoms with Gasteiger partial charge in [0.05, 0.1) is 10.7 Å². The average Bonchev–Trinajstić information content (AvgIpc) is 2.22. The van der Waals surface area contributed by atoms with Crippen LogP contribution in [0.3, 0.4) is 0 Å². The molecule has 108 valence electrons. The van der Waals surface area contributed by atoms with E-state index in [9.17, 15) is 0 Å². The van der Waals surface area contributed by atoms with Gasteiger partial charge in [-0.2, -0.15) is 0 Å². The van der Waals surface area contributed by atoms with Crippen LogP contribution in [0.1, 0.15) is 40.5 Å². The van der Waals surface area contributed by atoms with E-state index in [-0.39, 0.29) is 10.7 Å². The quantitative estimate of drug-likeness (QED) is 0.741. The van der Waals surface area contributed by atoms with Crippen molar-refractivity contribution in [3.8, 4) is 0 Å². The summed E-state index contributed by atoms with van der Waals surface area (Å²) in [5.41, 5.74) is 0. The fourth-order valence-corrected chi connectivity index (χ4v) is 8.73. The van der Waals surface area contributed by atoms with Crippen molar-refractivity contribution in [1.82, 2.24) is 0 Å². The van der Waals surface area contributed by atoms with E-state index in [0.717, 1.165) is 12.8 Å². The molecule has 4 atom stereocenters. The zero-order valence-corrected chi connectivity index (χ0v) is 13.4. The van der Waals surface area contributed by atoms with Gasteiger partial charge in [0.15, 0.2) is 11.6 Å². The fraction of sp³-hybridized carbons (Fsp3) is 0.625. The molecule has 5 rings (SSSR count). The van der Waals surface area contributed by atoms with E-state index < -0.39 is 19.5 Å². The van der Waals surface area contributed by atoms with Crippen LogP contribution in [0.15, 0.2) is 30.3 Å². The molecule has 4 fully saturated rings. The minimum atomic E-state index is -0.553. The van der Waals surface area contributed by atoms with Gasteiger partial charge in [-0.05, 0) is 40.9 Å². The van der Waals surface area contributed by atoms with Crippen molar-refractivity contribution in [3.63, 3.8) is 0 Å². The molecule has 4 heterocycles. The molecule has 0 unspecified atom stereocenters. The van der Waals surface area contributed by atoms with Crippen LogP contribution in [0.2, 0.25) is 0 Å². The maximum atomic E-state index is 6.42. The lowest BCUT2D eigenvalue weighted by Gasteiger charge is -2.69. The second kappa shape index (κ2) is 3.64. The van der Waals surface area contributed by atoms with Gasteiger partial charge in [-0.25, -0.2) is 0 Å². The zero-order chi connectivity index (χ0) is 14.2. The van der Waals surface area contributed by atoms with Crippen molar-refractivity contribution in [2.24, 2.45) is 0 Å². The lowest BCUT2D eigenvalue weighted by molar-refractivity contribution is -0.467. The van der Waals surface area contributed by atoms with Crippen LogP contribution >= 0.6 is 7.92 Å². The Kier molecular flexibility index (Phi) is 2.41. The van der Waals surface area contributed by atoms with Crippen molar-refractivity contribution in [2.45, 2.75) is 62.8 Å². The first-order chi connectivity index (χ1) is 9.26. The maximum Gasteiger partial charge on any atom is 0.173 e. The average molecular weight is 292 g/mol. The third-order valence-corrected chi connectivity index (χ3v) is 7.77. The summed E-state index contributed by atoms with van der Waals surface area (Å²) < 4.78 is 18.9. The number of hydrogen-bond acceptors (Lipinski definition) is 3. The fourth-order valence-electron chi connectivity index (χ4n) is 4.71. The number of hydrogen-bond donors (Lipinski definition) is 0. The Labute approximate surface area is 121 Å². The summed E-state index contributed by atoms with van der Waals surface area (Å²) in [5, 5.41) is 1.01. The molecular weight excluding hydrogens is 271 g/mol. The van der Waals surface area contributed by atoms with Crippen LogP contribution in [-0.2, 0) is 14.2 Å². The van der Waals surface area contributed by atoms with Gasteiger partial charge in [0, 0.05) is 12.8 Å². The predicted molar refractivity (Wildman–Crippen MR) is 79.1 cm³/mol. The van der Waals surface area contributed by atoms with Gasteiger partial charge in [-0.1, -0.05) is 30.3 Å². The highest BCUT2D eigenvalue weighted by molar-refractivity contribution is 7.68. The summed E-state index contributed by atoms with van der Waals surface area (Å²) in [6.45, 7) is 8.59. The van der Waals surface area contributed by atoms with Gasteiger partial charge in [0.25, 0.3) is 0 Å². The van der Waals surface area contributed by atoms with Crippen LogP contribution in [-0.4, -0.2) is 22.3 Å². The van der Waals surface area contributed by atoms with Crippen LogP contribution in [0, 0.1) is 0 Å². The van der Waals surface area contributed by atoms with Gasteiger partial charge in [0.1, 0.15) is 0 Å². The highest BCUT2D eigenvalue weighted by atomic mass is 31.1. The number of benzene rings is 1. The van der Waals surface area contributed by atoms with Crippen LogP contribution in [0.25, 0.3) is 0 Å². The summed E-state index contributed by atoms with van der Waals surface area (Å²) in [6.07, 6.45) is 1.59. The minimum Gasteiger partial charge on any atom is -0.339 e. The maximum absolute atomic E-state index is 6.42.